The molecule has 1 heterocycles. The lowest BCUT2D eigenvalue weighted by Crippen LogP contribution is -2.39. The number of rotatable bonds is 4. The van der Waals surface area contributed by atoms with Crippen molar-refractivity contribution in [2.75, 3.05) is 19.6 Å². The van der Waals surface area contributed by atoms with Crippen LogP contribution in [0.15, 0.2) is 30.3 Å². The summed E-state index contributed by atoms with van der Waals surface area (Å²) in [6.45, 7) is 8.36. The molecule has 0 bridgehead atoms. The van der Waals surface area contributed by atoms with Gasteiger partial charge in [-0.2, -0.15) is 0 Å². The zero-order chi connectivity index (χ0) is 14.8. The van der Waals surface area contributed by atoms with E-state index < -0.39 is 0 Å². The molecule has 0 unspecified atom stereocenters. The van der Waals surface area contributed by atoms with Crippen LogP contribution in [0.25, 0.3) is 0 Å². The van der Waals surface area contributed by atoms with E-state index >= 15 is 0 Å². The number of hydrogen-bond donors (Lipinski definition) is 1. The topological polar surface area (TPSA) is 46.3 Å². The summed E-state index contributed by atoms with van der Waals surface area (Å²) in [7, 11) is 0. The van der Waals surface area contributed by atoms with Gasteiger partial charge in [-0.3, -0.25) is 4.79 Å². The molecule has 2 atom stereocenters. The Morgan fingerprint density at radius 1 is 1.30 bits per heavy atom. The fraction of sp³-hybridized carbons (Fsp3) is 0.588. The van der Waals surface area contributed by atoms with Gasteiger partial charge in [-0.25, -0.2) is 0 Å². The van der Waals surface area contributed by atoms with Gasteiger partial charge in [-0.15, -0.1) is 0 Å². The van der Waals surface area contributed by atoms with E-state index in [1.807, 2.05) is 24.8 Å². The van der Waals surface area contributed by atoms with Crippen molar-refractivity contribution in [2.24, 2.45) is 17.1 Å². The minimum atomic E-state index is -0.273. The first-order valence-electron chi connectivity index (χ1n) is 7.54. The van der Waals surface area contributed by atoms with Gasteiger partial charge >= 0.3 is 0 Å². The number of likely N-dealkylation sites (tertiary alicyclic amines) is 1. The number of amides is 1. The lowest BCUT2D eigenvalue weighted by molar-refractivity contribution is -0.139. The Bertz CT molecular complexity index is 455. The van der Waals surface area contributed by atoms with Crippen LogP contribution >= 0.6 is 0 Å². The Hall–Kier alpha value is -1.35. The van der Waals surface area contributed by atoms with Crippen LogP contribution in [0.3, 0.4) is 0 Å². The molecule has 1 aromatic carbocycles. The summed E-state index contributed by atoms with van der Waals surface area (Å²) in [5.74, 6) is 1.00. The number of benzene rings is 1. The number of carbonyl (C=O) groups is 1. The Morgan fingerprint density at radius 3 is 2.50 bits per heavy atom. The van der Waals surface area contributed by atoms with E-state index in [2.05, 4.69) is 31.2 Å². The second kappa shape index (κ2) is 5.96. The Morgan fingerprint density at radius 2 is 1.95 bits per heavy atom. The summed E-state index contributed by atoms with van der Waals surface area (Å²) in [5.41, 5.74) is 6.95. The molecule has 0 spiro atoms. The zero-order valence-electron chi connectivity index (χ0n) is 12.8. The van der Waals surface area contributed by atoms with Crippen molar-refractivity contribution >= 4 is 5.91 Å². The van der Waals surface area contributed by atoms with Crippen molar-refractivity contribution in [1.29, 1.82) is 0 Å². The molecule has 1 aliphatic heterocycles. The highest BCUT2D eigenvalue weighted by Gasteiger charge is 2.39. The summed E-state index contributed by atoms with van der Waals surface area (Å²) < 4.78 is 0. The summed E-state index contributed by atoms with van der Waals surface area (Å²) in [5, 5.41) is 0. The minimum Gasteiger partial charge on any atom is -0.341 e. The molecule has 1 saturated heterocycles. The van der Waals surface area contributed by atoms with Crippen LogP contribution in [0, 0.1) is 11.3 Å². The van der Waals surface area contributed by atoms with Crippen molar-refractivity contribution in [2.45, 2.75) is 33.1 Å². The van der Waals surface area contributed by atoms with E-state index in [0.717, 1.165) is 19.5 Å². The van der Waals surface area contributed by atoms with E-state index in [9.17, 15) is 4.79 Å². The molecule has 1 fully saturated rings. The summed E-state index contributed by atoms with van der Waals surface area (Å²) in [6, 6.07) is 10.4. The van der Waals surface area contributed by atoms with Crippen molar-refractivity contribution in [3.8, 4) is 0 Å². The molecular weight excluding hydrogens is 248 g/mol. The number of nitrogens with two attached hydrogens (primary N) is 1. The fourth-order valence-electron chi connectivity index (χ4n) is 2.93. The van der Waals surface area contributed by atoms with Gasteiger partial charge in [-0.05, 0) is 24.4 Å². The molecule has 20 heavy (non-hydrogen) atoms. The van der Waals surface area contributed by atoms with Gasteiger partial charge in [0.2, 0.25) is 5.91 Å². The molecular formula is C17H26N2O. The highest BCUT2D eigenvalue weighted by atomic mass is 16.2. The van der Waals surface area contributed by atoms with Gasteiger partial charge in [0.1, 0.15) is 0 Å². The average Bonchev–Trinajstić information content (AvgIpc) is 2.91. The molecule has 0 saturated carbocycles. The quantitative estimate of drug-likeness (QED) is 0.917. The van der Waals surface area contributed by atoms with E-state index in [1.54, 1.807) is 0 Å². The monoisotopic (exact) mass is 274 g/mol. The Kier molecular flexibility index (Phi) is 4.48. The second-order valence-electron chi connectivity index (χ2n) is 6.46. The van der Waals surface area contributed by atoms with Crippen LogP contribution in [-0.2, 0) is 4.79 Å². The normalized spacial score (nSPS) is 23.1. The summed E-state index contributed by atoms with van der Waals surface area (Å²) in [4.78, 5) is 14.6. The summed E-state index contributed by atoms with van der Waals surface area (Å²) >= 11 is 0. The number of nitrogens with zero attached hydrogens (tertiary/aromatic N) is 1. The fourth-order valence-corrected chi connectivity index (χ4v) is 2.93. The van der Waals surface area contributed by atoms with E-state index in [0.29, 0.717) is 18.4 Å². The van der Waals surface area contributed by atoms with Gasteiger partial charge in [-0.1, -0.05) is 51.1 Å². The third-order valence-electron chi connectivity index (χ3n) is 4.72. The van der Waals surface area contributed by atoms with E-state index in [4.69, 9.17) is 5.73 Å². The van der Waals surface area contributed by atoms with E-state index in [-0.39, 0.29) is 11.3 Å². The average molecular weight is 274 g/mol. The van der Waals surface area contributed by atoms with Crippen LogP contribution in [0.5, 0.6) is 0 Å². The molecule has 0 aromatic heterocycles. The molecule has 1 amide bonds. The SMILES string of the molecule is CCC(C)(C)C(=O)N1C[C@@H](CN)[C@H](c2ccccc2)C1. The van der Waals surface area contributed by atoms with Crippen LogP contribution in [-0.4, -0.2) is 30.4 Å². The Balaban J connectivity index is 2.16. The third kappa shape index (κ3) is 2.88. The highest BCUT2D eigenvalue weighted by Crippen LogP contribution is 2.35. The molecule has 1 aliphatic rings. The van der Waals surface area contributed by atoms with Gasteiger partial charge < -0.3 is 10.6 Å². The molecule has 3 heteroatoms. The van der Waals surface area contributed by atoms with Crippen molar-refractivity contribution in [3.05, 3.63) is 35.9 Å². The molecule has 2 rings (SSSR count). The molecule has 3 nitrogen and oxygen atoms in total. The van der Waals surface area contributed by atoms with Gasteiger partial charge in [0.05, 0.1) is 0 Å². The van der Waals surface area contributed by atoms with Crippen LogP contribution in [0.1, 0.15) is 38.7 Å². The predicted molar refractivity (Wildman–Crippen MR) is 82.4 cm³/mol. The van der Waals surface area contributed by atoms with Crippen LogP contribution < -0.4 is 5.73 Å². The molecule has 0 aliphatic carbocycles. The van der Waals surface area contributed by atoms with Crippen molar-refractivity contribution in [1.82, 2.24) is 4.90 Å². The van der Waals surface area contributed by atoms with Gasteiger partial charge in [0, 0.05) is 24.4 Å². The zero-order valence-corrected chi connectivity index (χ0v) is 12.8. The van der Waals surface area contributed by atoms with Gasteiger partial charge in [0.25, 0.3) is 0 Å². The lowest BCUT2D eigenvalue weighted by atomic mass is 9.88. The van der Waals surface area contributed by atoms with Crippen LogP contribution in [0.2, 0.25) is 0 Å². The highest BCUT2D eigenvalue weighted by molar-refractivity contribution is 5.82. The third-order valence-corrected chi connectivity index (χ3v) is 4.72. The van der Waals surface area contributed by atoms with Gasteiger partial charge in [0.15, 0.2) is 0 Å². The first-order chi connectivity index (χ1) is 9.49. The molecule has 2 N–H and O–H groups in total. The molecule has 110 valence electrons. The predicted octanol–water partition coefficient (Wildman–Crippen LogP) is 2.62. The minimum absolute atomic E-state index is 0.261. The maximum Gasteiger partial charge on any atom is 0.228 e. The maximum absolute atomic E-state index is 12.6. The van der Waals surface area contributed by atoms with Crippen LogP contribution in [0.4, 0.5) is 0 Å². The first-order valence-corrected chi connectivity index (χ1v) is 7.54. The second-order valence-corrected chi connectivity index (χ2v) is 6.46. The standard InChI is InChI=1S/C17H26N2O/c1-4-17(2,3)16(20)19-11-14(10-18)15(12-19)13-8-6-5-7-9-13/h5-9,14-15H,4,10-12,18H2,1-3H3/t14-,15+/m1/s1. The summed E-state index contributed by atoms with van der Waals surface area (Å²) in [6.07, 6.45) is 0.867. The maximum atomic E-state index is 12.6. The molecule has 1 aromatic rings. The number of hydrogen-bond acceptors (Lipinski definition) is 2. The largest absolute Gasteiger partial charge is 0.341 e. The Labute approximate surface area is 122 Å². The lowest BCUT2D eigenvalue weighted by Gasteiger charge is -2.28. The number of carbonyl (C=O) groups excluding carboxylic acids is 1. The van der Waals surface area contributed by atoms with Crippen molar-refractivity contribution in [3.63, 3.8) is 0 Å². The van der Waals surface area contributed by atoms with Crippen molar-refractivity contribution < 1.29 is 4.79 Å². The van der Waals surface area contributed by atoms with E-state index in [1.165, 1.54) is 5.56 Å². The smallest absolute Gasteiger partial charge is 0.228 e. The molecule has 0 radical (unpaired) electrons. The first kappa shape index (κ1) is 15.0.